The molecule has 0 saturated carbocycles. The molecule has 0 radical (unpaired) electrons. The fourth-order valence-electron chi connectivity index (χ4n) is 1.39. The third-order valence-corrected chi connectivity index (χ3v) is 3.87. The van der Waals surface area contributed by atoms with Gasteiger partial charge in [0.15, 0.2) is 0 Å². The third kappa shape index (κ3) is 2.19. The fourth-order valence-corrected chi connectivity index (χ4v) is 3.08. The van der Waals surface area contributed by atoms with E-state index in [2.05, 4.69) is 15.9 Å². The number of aryl methyl sites for hydroxylation is 1. The number of carbonyl (C=O) groups excluding carboxylic acids is 1. The Morgan fingerprint density at radius 1 is 1.27 bits per heavy atom. The summed E-state index contributed by atoms with van der Waals surface area (Å²) in [6.45, 7) is 1.96. The largest absolute Gasteiger partial charge is 0.288 e. The molecule has 0 aliphatic rings. The van der Waals surface area contributed by atoms with E-state index in [9.17, 15) is 4.79 Å². The molecule has 0 amide bonds. The van der Waals surface area contributed by atoms with Crippen molar-refractivity contribution < 1.29 is 4.79 Å². The van der Waals surface area contributed by atoms with Crippen LogP contribution in [0.3, 0.4) is 0 Å². The first-order valence-corrected chi connectivity index (χ1v) is 6.15. The highest BCUT2D eigenvalue weighted by Gasteiger charge is 2.14. The molecular formula is C12H9BrOS. The Kier molecular flexibility index (Phi) is 3.03. The Bertz CT molecular complexity index is 488. The van der Waals surface area contributed by atoms with Crippen molar-refractivity contribution in [2.75, 3.05) is 0 Å². The molecule has 1 heterocycles. The zero-order chi connectivity index (χ0) is 10.8. The molecule has 0 aliphatic carbocycles. The van der Waals surface area contributed by atoms with Crippen LogP contribution in [0.15, 0.2) is 40.2 Å². The molecule has 1 aromatic carbocycles. The van der Waals surface area contributed by atoms with Gasteiger partial charge in [-0.05, 0) is 34.5 Å². The van der Waals surface area contributed by atoms with Gasteiger partial charge in [-0.25, -0.2) is 0 Å². The number of thiophene rings is 1. The van der Waals surface area contributed by atoms with Gasteiger partial charge in [0.25, 0.3) is 0 Å². The summed E-state index contributed by atoms with van der Waals surface area (Å²) in [6.07, 6.45) is 0. The second-order valence-electron chi connectivity index (χ2n) is 3.26. The lowest BCUT2D eigenvalue weighted by Crippen LogP contribution is -1.99. The summed E-state index contributed by atoms with van der Waals surface area (Å²) in [7, 11) is 0. The first kappa shape index (κ1) is 10.6. The van der Waals surface area contributed by atoms with Gasteiger partial charge in [-0.1, -0.05) is 30.3 Å². The van der Waals surface area contributed by atoms with E-state index in [1.165, 1.54) is 11.3 Å². The van der Waals surface area contributed by atoms with Crippen LogP contribution in [0, 0.1) is 6.92 Å². The monoisotopic (exact) mass is 280 g/mol. The molecule has 0 atom stereocenters. The van der Waals surface area contributed by atoms with Crippen LogP contribution in [0.4, 0.5) is 0 Å². The van der Waals surface area contributed by atoms with Crippen LogP contribution in [0.1, 0.15) is 20.8 Å². The summed E-state index contributed by atoms with van der Waals surface area (Å²) in [5.41, 5.74) is 1.77. The van der Waals surface area contributed by atoms with Gasteiger partial charge in [-0.2, -0.15) is 0 Å². The van der Waals surface area contributed by atoms with Crippen molar-refractivity contribution in [2.45, 2.75) is 6.92 Å². The summed E-state index contributed by atoms with van der Waals surface area (Å²) in [4.78, 5) is 12.9. The molecule has 2 rings (SSSR count). The molecule has 2 aromatic rings. The highest BCUT2D eigenvalue weighted by Crippen LogP contribution is 2.28. The number of carbonyl (C=O) groups is 1. The molecule has 3 heteroatoms. The maximum Gasteiger partial charge on any atom is 0.203 e. The van der Waals surface area contributed by atoms with E-state index >= 15 is 0 Å². The lowest BCUT2D eigenvalue weighted by molar-refractivity contribution is 0.104. The van der Waals surface area contributed by atoms with Gasteiger partial charge in [0, 0.05) is 5.56 Å². The molecule has 0 unspecified atom stereocenters. The van der Waals surface area contributed by atoms with Crippen molar-refractivity contribution in [1.29, 1.82) is 0 Å². The van der Waals surface area contributed by atoms with Crippen LogP contribution in [-0.2, 0) is 0 Å². The van der Waals surface area contributed by atoms with Crippen LogP contribution in [0.25, 0.3) is 0 Å². The molecular weight excluding hydrogens is 272 g/mol. The van der Waals surface area contributed by atoms with Crippen LogP contribution >= 0.6 is 27.3 Å². The highest BCUT2D eigenvalue weighted by atomic mass is 79.9. The van der Waals surface area contributed by atoms with Gasteiger partial charge < -0.3 is 0 Å². The molecule has 0 saturated heterocycles. The van der Waals surface area contributed by atoms with E-state index in [-0.39, 0.29) is 5.78 Å². The summed E-state index contributed by atoms with van der Waals surface area (Å²) >= 11 is 4.87. The second-order valence-corrected chi connectivity index (χ2v) is 5.69. The Balaban J connectivity index is 2.41. The van der Waals surface area contributed by atoms with Gasteiger partial charge >= 0.3 is 0 Å². The average molecular weight is 281 g/mol. The zero-order valence-corrected chi connectivity index (χ0v) is 10.6. The van der Waals surface area contributed by atoms with Crippen LogP contribution in [-0.4, -0.2) is 5.78 Å². The summed E-state index contributed by atoms with van der Waals surface area (Å²) in [5.74, 6) is 0.101. The van der Waals surface area contributed by atoms with E-state index in [4.69, 9.17) is 0 Å². The topological polar surface area (TPSA) is 17.1 Å². The number of halogens is 1. The number of hydrogen-bond donors (Lipinski definition) is 0. The van der Waals surface area contributed by atoms with Gasteiger partial charge in [-0.15, -0.1) is 11.3 Å². The van der Waals surface area contributed by atoms with Gasteiger partial charge in [0.05, 0.1) is 8.66 Å². The van der Waals surface area contributed by atoms with E-state index in [0.29, 0.717) is 0 Å². The molecule has 15 heavy (non-hydrogen) atoms. The Labute approximate surface area is 101 Å². The first-order chi connectivity index (χ1) is 7.18. The zero-order valence-electron chi connectivity index (χ0n) is 8.16. The number of rotatable bonds is 2. The van der Waals surface area contributed by atoms with Gasteiger partial charge in [-0.3, -0.25) is 4.79 Å². The Morgan fingerprint density at radius 2 is 1.93 bits per heavy atom. The third-order valence-electron chi connectivity index (χ3n) is 2.13. The SMILES string of the molecule is Cc1cc(Br)sc1C(=O)c1ccccc1. The number of benzene rings is 1. The van der Waals surface area contributed by atoms with Crippen molar-refractivity contribution in [2.24, 2.45) is 0 Å². The highest BCUT2D eigenvalue weighted by molar-refractivity contribution is 9.11. The van der Waals surface area contributed by atoms with Crippen molar-refractivity contribution in [3.05, 3.63) is 56.2 Å². The predicted octanol–water partition coefficient (Wildman–Crippen LogP) is 4.05. The summed E-state index contributed by atoms with van der Waals surface area (Å²) in [6, 6.07) is 11.3. The molecule has 0 aliphatic heterocycles. The molecule has 0 bridgehead atoms. The molecule has 76 valence electrons. The lowest BCUT2D eigenvalue weighted by atomic mass is 10.1. The minimum absolute atomic E-state index is 0.101. The van der Waals surface area contributed by atoms with Crippen LogP contribution < -0.4 is 0 Å². The second kappa shape index (κ2) is 4.29. The van der Waals surface area contributed by atoms with E-state index in [0.717, 1.165) is 19.8 Å². The van der Waals surface area contributed by atoms with E-state index in [1.807, 2.05) is 43.3 Å². The van der Waals surface area contributed by atoms with Crippen LogP contribution in [0.2, 0.25) is 0 Å². The van der Waals surface area contributed by atoms with Crippen molar-refractivity contribution in [1.82, 2.24) is 0 Å². The smallest absolute Gasteiger partial charge is 0.203 e. The number of hydrogen-bond acceptors (Lipinski definition) is 2. The molecule has 0 N–H and O–H groups in total. The first-order valence-electron chi connectivity index (χ1n) is 4.54. The van der Waals surface area contributed by atoms with E-state index in [1.54, 1.807) is 0 Å². The fraction of sp³-hybridized carbons (Fsp3) is 0.0833. The maximum atomic E-state index is 12.1. The summed E-state index contributed by atoms with van der Waals surface area (Å²) < 4.78 is 0.999. The van der Waals surface area contributed by atoms with Gasteiger partial charge in [0.1, 0.15) is 0 Å². The van der Waals surface area contributed by atoms with Crippen molar-refractivity contribution >= 4 is 33.0 Å². The van der Waals surface area contributed by atoms with Gasteiger partial charge in [0.2, 0.25) is 5.78 Å². The lowest BCUT2D eigenvalue weighted by Gasteiger charge is -1.98. The minimum atomic E-state index is 0.101. The minimum Gasteiger partial charge on any atom is -0.288 e. The van der Waals surface area contributed by atoms with Crippen molar-refractivity contribution in [3.63, 3.8) is 0 Å². The molecule has 1 nitrogen and oxygen atoms in total. The van der Waals surface area contributed by atoms with Crippen LogP contribution in [0.5, 0.6) is 0 Å². The Hall–Kier alpha value is -0.930. The van der Waals surface area contributed by atoms with Crippen molar-refractivity contribution in [3.8, 4) is 0 Å². The molecule has 0 spiro atoms. The summed E-state index contributed by atoms with van der Waals surface area (Å²) in [5, 5.41) is 0. The average Bonchev–Trinajstić information content (AvgIpc) is 2.58. The normalized spacial score (nSPS) is 10.3. The maximum absolute atomic E-state index is 12.1. The molecule has 0 fully saturated rings. The van der Waals surface area contributed by atoms with E-state index < -0.39 is 0 Å². The standard InChI is InChI=1S/C12H9BrOS/c1-8-7-10(13)15-12(8)11(14)9-5-3-2-4-6-9/h2-7H,1H3. The molecule has 1 aromatic heterocycles. The quantitative estimate of drug-likeness (QED) is 0.759. The predicted molar refractivity (Wildman–Crippen MR) is 66.6 cm³/mol. The Morgan fingerprint density at radius 3 is 2.47 bits per heavy atom. The number of ketones is 1.